The first-order valence-corrected chi connectivity index (χ1v) is 7.47. The van der Waals surface area contributed by atoms with Crippen LogP contribution in [-0.2, 0) is 6.18 Å². The number of carbonyl (C=O) groups is 1. The highest BCUT2D eigenvalue weighted by Crippen LogP contribution is 2.30. The van der Waals surface area contributed by atoms with E-state index in [0.717, 1.165) is 12.1 Å². The molecule has 3 nitrogen and oxygen atoms in total. The summed E-state index contributed by atoms with van der Waals surface area (Å²) in [5.74, 6) is 0.386. The first-order chi connectivity index (χ1) is 11.3. The van der Waals surface area contributed by atoms with Crippen molar-refractivity contribution in [3.63, 3.8) is 0 Å². The van der Waals surface area contributed by atoms with Crippen LogP contribution in [0.5, 0.6) is 5.75 Å². The second kappa shape index (κ2) is 7.38. The molecule has 0 bridgehead atoms. The number of halogens is 3. The van der Waals surface area contributed by atoms with Crippen molar-refractivity contribution in [1.29, 1.82) is 0 Å². The third-order valence-corrected chi connectivity index (χ3v) is 3.13. The normalized spacial score (nSPS) is 11.4. The maximum absolute atomic E-state index is 12.7. The molecule has 2 aromatic carbocycles. The van der Waals surface area contributed by atoms with Crippen LogP contribution in [0.15, 0.2) is 48.5 Å². The van der Waals surface area contributed by atoms with Gasteiger partial charge in [0, 0.05) is 11.3 Å². The summed E-state index contributed by atoms with van der Waals surface area (Å²) < 4.78 is 43.6. The van der Waals surface area contributed by atoms with Gasteiger partial charge in [-0.25, -0.2) is 0 Å². The molecular formula is C18H18F3NO2. The summed E-state index contributed by atoms with van der Waals surface area (Å²) in [6.45, 7) is 4.52. The molecule has 0 radical (unpaired) electrons. The molecule has 2 aromatic rings. The smallest absolute Gasteiger partial charge is 0.416 e. The Labute approximate surface area is 138 Å². The van der Waals surface area contributed by atoms with E-state index in [1.165, 1.54) is 12.1 Å². The van der Waals surface area contributed by atoms with E-state index in [-0.39, 0.29) is 5.69 Å². The Morgan fingerprint density at radius 3 is 2.50 bits per heavy atom. The van der Waals surface area contributed by atoms with Gasteiger partial charge in [0.2, 0.25) is 0 Å². The predicted molar refractivity (Wildman–Crippen MR) is 86.2 cm³/mol. The van der Waals surface area contributed by atoms with Crippen LogP contribution in [0.2, 0.25) is 0 Å². The topological polar surface area (TPSA) is 38.3 Å². The molecule has 0 heterocycles. The van der Waals surface area contributed by atoms with E-state index in [9.17, 15) is 18.0 Å². The zero-order valence-corrected chi connectivity index (χ0v) is 13.4. The van der Waals surface area contributed by atoms with Crippen molar-refractivity contribution in [1.82, 2.24) is 0 Å². The summed E-state index contributed by atoms with van der Waals surface area (Å²) in [5.41, 5.74) is -0.411. The second-order valence-electron chi connectivity index (χ2n) is 5.77. The van der Waals surface area contributed by atoms with Gasteiger partial charge in [-0.2, -0.15) is 13.2 Å². The van der Waals surface area contributed by atoms with Crippen molar-refractivity contribution in [2.24, 2.45) is 5.92 Å². The van der Waals surface area contributed by atoms with Gasteiger partial charge in [-0.1, -0.05) is 26.0 Å². The monoisotopic (exact) mass is 337 g/mol. The quantitative estimate of drug-likeness (QED) is 0.834. The Kier molecular flexibility index (Phi) is 5.49. The SMILES string of the molecule is CC(C)COc1cccc(C(=O)Nc2cccc(C(F)(F)F)c2)c1. The minimum atomic E-state index is -4.45. The number of hydrogen-bond donors (Lipinski definition) is 1. The Balaban J connectivity index is 2.11. The Bertz CT molecular complexity index is 711. The molecule has 0 spiro atoms. The van der Waals surface area contributed by atoms with Gasteiger partial charge in [-0.05, 0) is 42.3 Å². The molecule has 6 heteroatoms. The fourth-order valence-electron chi connectivity index (χ4n) is 1.97. The molecule has 128 valence electrons. The minimum Gasteiger partial charge on any atom is -0.493 e. The lowest BCUT2D eigenvalue weighted by molar-refractivity contribution is -0.137. The van der Waals surface area contributed by atoms with Crippen molar-refractivity contribution < 1.29 is 22.7 Å². The van der Waals surface area contributed by atoms with Gasteiger partial charge < -0.3 is 10.1 Å². The highest BCUT2D eigenvalue weighted by molar-refractivity contribution is 6.04. The fraction of sp³-hybridized carbons (Fsp3) is 0.278. The average molecular weight is 337 g/mol. The number of amides is 1. The molecular weight excluding hydrogens is 319 g/mol. The van der Waals surface area contributed by atoms with Crippen LogP contribution in [0.1, 0.15) is 29.8 Å². The first-order valence-electron chi connectivity index (χ1n) is 7.47. The van der Waals surface area contributed by atoms with Crippen molar-refractivity contribution in [3.05, 3.63) is 59.7 Å². The lowest BCUT2D eigenvalue weighted by atomic mass is 10.1. The van der Waals surface area contributed by atoms with Gasteiger partial charge in [0.1, 0.15) is 5.75 Å². The zero-order valence-electron chi connectivity index (χ0n) is 13.4. The molecule has 0 fully saturated rings. The second-order valence-corrected chi connectivity index (χ2v) is 5.77. The van der Waals surface area contributed by atoms with E-state index >= 15 is 0 Å². The number of hydrogen-bond acceptors (Lipinski definition) is 2. The summed E-state index contributed by atoms with van der Waals surface area (Å²) in [5, 5.41) is 2.47. The molecule has 1 amide bonds. The maximum Gasteiger partial charge on any atom is 0.416 e. The van der Waals surface area contributed by atoms with Crippen molar-refractivity contribution in [2.45, 2.75) is 20.0 Å². The van der Waals surface area contributed by atoms with Crippen LogP contribution >= 0.6 is 0 Å². The summed E-state index contributed by atoms with van der Waals surface area (Å²) in [6.07, 6.45) is -4.45. The van der Waals surface area contributed by atoms with Crippen LogP contribution in [0.25, 0.3) is 0 Å². The Morgan fingerprint density at radius 2 is 1.83 bits per heavy atom. The Morgan fingerprint density at radius 1 is 1.12 bits per heavy atom. The number of alkyl halides is 3. The largest absolute Gasteiger partial charge is 0.493 e. The van der Waals surface area contributed by atoms with Crippen molar-refractivity contribution in [2.75, 3.05) is 11.9 Å². The maximum atomic E-state index is 12.7. The molecule has 24 heavy (non-hydrogen) atoms. The lowest BCUT2D eigenvalue weighted by Gasteiger charge is -2.11. The van der Waals surface area contributed by atoms with Crippen molar-refractivity contribution in [3.8, 4) is 5.75 Å². The van der Waals surface area contributed by atoms with Gasteiger partial charge in [0.15, 0.2) is 0 Å². The van der Waals surface area contributed by atoms with Crippen LogP contribution in [0, 0.1) is 5.92 Å². The third-order valence-electron chi connectivity index (χ3n) is 3.13. The fourth-order valence-corrected chi connectivity index (χ4v) is 1.97. The molecule has 0 aliphatic heterocycles. The average Bonchev–Trinajstić information content (AvgIpc) is 2.52. The van der Waals surface area contributed by atoms with Crippen LogP contribution < -0.4 is 10.1 Å². The molecule has 0 aliphatic rings. The molecule has 0 atom stereocenters. The Hall–Kier alpha value is -2.50. The molecule has 0 aliphatic carbocycles. The number of ether oxygens (including phenoxy) is 1. The van der Waals surface area contributed by atoms with Crippen molar-refractivity contribution >= 4 is 11.6 Å². The zero-order chi connectivity index (χ0) is 17.7. The number of rotatable bonds is 5. The van der Waals surface area contributed by atoms with Gasteiger partial charge >= 0.3 is 6.18 Å². The number of carbonyl (C=O) groups excluding carboxylic acids is 1. The van der Waals surface area contributed by atoms with Crippen LogP contribution in [0.3, 0.4) is 0 Å². The molecule has 0 saturated heterocycles. The minimum absolute atomic E-state index is 0.0864. The van der Waals surface area contributed by atoms with Crippen LogP contribution in [0.4, 0.5) is 18.9 Å². The highest BCUT2D eigenvalue weighted by Gasteiger charge is 2.30. The number of nitrogens with one attached hydrogen (secondary N) is 1. The molecule has 0 aromatic heterocycles. The highest BCUT2D eigenvalue weighted by atomic mass is 19.4. The van der Waals surface area contributed by atoms with Gasteiger partial charge in [0.25, 0.3) is 5.91 Å². The van der Waals surface area contributed by atoms with Crippen LogP contribution in [-0.4, -0.2) is 12.5 Å². The van der Waals surface area contributed by atoms with Gasteiger partial charge in [0.05, 0.1) is 12.2 Å². The predicted octanol–water partition coefficient (Wildman–Crippen LogP) is 4.99. The molecule has 0 unspecified atom stereocenters. The summed E-state index contributed by atoms with van der Waals surface area (Å²) in [7, 11) is 0. The number of benzene rings is 2. The van der Waals surface area contributed by atoms with E-state index < -0.39 is 17.6 Å². The van der Waals surface area contributed by atoms with E-state index in [1.54, 1.807) is 24.3 Å². The van der Waals surface area contributed by atoms with Gasteiger partial charge in [-0.15, -0.1) is 0 Å². The van der Waals surface area contributed by atoms with E-state index in [2.05, 4.69) is 5.32 Å². The summed E-state index contributed by atoms with van der Waals surface area (Å²) in [4.78, 5) is 12.2. The van der Waals surface area contributed by atoms with E-state index in [4.69, 9.17) is 4.74 Å². The standard InChI is InChI=1S/C18H18F3NO2/c1-12(2)11-24-16-8-3-5-13(9-16)17(23)22-15-7-4-6-14(10-15)18(19,20)21/h3-10,12H,11H2,1-2H3,(H,22,23). The molecule has 1 N–H and O–H groups in total. The third kappa shape index (κ3) is 5.01. The summed E-state index contributed by atoms with van der Waals surface area (Å²) >= 11 is 0. The molecule has 0 saturated carbocycles. The van der Waals surface area contributed by atoms with E-state index in [0.29, 0.717) is 23.8 Å². The number of anilines is 1. The summed E-state index contributed by atoms with van der Waals surface area (Å²) in [6, 6.07) is 11.0. The first kappa shape index (κ1) is 17.8. The molecule has 2 rings (SSSR count). The van der Waals surface area contributed by atoms with E-state index in [1.807, 2.05) is 13.8 Å². The van der Waals surface area contributed by atoms with Gasteiger partial charge in [-0.3, -0.25) is 4.79 Å². The lowest BCUT2D eigenvalue weighted by Crippen LogP contribution is -2.13.